The van der Waals surface area contributed by atoms with E-state index in [2.05, 4.69) is 20.6 Å². The Morgan fingerprint density at radius 2 is 1.97 bits per heavy atom. The first kappa shape index (κ1) is 21.8. The second kappa shape index (κ2) is 9.80. The number of rotatable bonds is 8. The second-order valence-corrected chi connectivity index (χ2v) is 7.53. The van der Waals surface area contributed by atoms with Gasteiger partial charge in [0.25, 0.3) is 0 Å². The molecule has 0 aliphatic rings. The van der Waals surface area contributed by atoms with Crippen LogP contribution in [0, 0.1) is 10.6 Å². The number of nitrogens with one attached hydrogen (secondary N) is 2. The SMILES string of the molecule is COc1cccc(CNn2c(-c3ccncc3)n[nH]c2=S)c1OCc1ccc(F)cc1Cl. The number of hydrogen-bond donors (Lipinski definition) is 2. The molecule has 7 nitrogen and oxygen atoms in total. The fourth-order valence-corrected chi connectivity index (χ4v) is 3.53. The van der Waals surface area contributed by atoms with E-state index in [-0.39, 0.29) is 6.61 Å². The molecule has 164 valence electrons. The second-order valence-electron chi connectivity index (χ2n) is 6.73. The Bertz CT molecular complexity index is 1280. The van der Waals surface area contributed by atoms with Crippen molar-refractivity contribution in [3.8, 4) is 22.9 Å². The number of para-hydroxylation sites is 1. The van der Waals surface area contributed by atoms with Gasteiger partial charge in [0.1, 0.15) is 12.4 Å². The smallest absolute Gasteiger partial charge is 0.214 e. The number of pyridine rings is 1. The highest BCUT2D eigenvalue weighted by Crippen LogP contribution is 2.33. The fraction of sp³-hybridized carbons (Fsp3) is 0.136. The van der Waals surface area contributed by atoms with Gasteiger partial charge in [-0.25, -0.2) is 14.2 Å². The molecule has 4 aromatic rings. The molecule has 2 N–H and O–H groups in total. The van der Waals surface area contributed by atoms with Gasteiger partial charge >= 0.3 is 0 Å². The van der Waals surface area contributed by atoms with Crippen LogP contribution in [0.4, 0.5) is 4.39 Å². The zero-order chi connectivity index (χ0) is 22.5. The van der Waals surface area contributed by atoms with Crippen LogP contribution in [0.1, 0.15) is 11.1 Å². The van der Waals surface area contributed by atoms with Crippen molar-refractivity contribution in [3.63, 3.8) is 0 Å². The average molecular weight is 472 g/mol. The number of nitrogens with zero attached hydrogens (tertiary/aromatic N) is 3. The first-order valence-corrected chi connectivity index (χ1v) is 10.4. The number of aromatic amines is 1. The molecule has 0 aliphatic heterocycles. The fourth-order valence-electron chi connectivity index (χ4n) is 3.12. The van der Waals surface area contributed by atoms with Crippen molar-refractivity contribution in [2.45, 2.75) is 13.2 Å². The van der Waals surface area contributed by atoms with Crippen LogP contribution >= 0.6 is 23.8 Å². The zero-order valence-electron chi connectivity index (χ0n) is 17.0. The van der Waals surface area contributed by atoms with E-state index in [4.69, 9.17) is 33.3 Å². The van der Waals surface area contributed by atoms with Crippen molar-refractivity contribution >= 4 is 23.8 Å². The Morgan fingerprint density at radius 3 is 2.72 bits per heavy atom. The van der Waals surface area contributed by atoms with Crippen LogP contribution in [0.2, 0.25) is 5.02 Å². The topological polar surface area (TPSA) is 77.0 Å². The number of hydrogen-bond acceptors (Lipinski definition) is 6. The standard InChI is InChI=1S/C22H19ClFN5O2S/c1-30-19-4-2-3-15(20(19)31-13-16-5-6-17(24)11-18(16)23)12-26-29-21(27-28-22(29)32)14-7-9-25-10-8-14/h2-11,26H,12-13H2,1H3,(H,28,32). The molecule has 0 bridgehead atoms. The molecule has 0 spiro atoms. The van der Waals surface area contributed by atoms with Crippen LogP contribution in [-0.4, -0.2) is 27.0 Å². The van der Waals surface area contributed by atoms with Gasteiger partial charge in [0.15, 0.2) is 17.3 Å². The molecular weight excluding hydrogens is 453 g/mol. The van der Waals surface area contributed by atoms with Gasteiger partial charge in [-0.15, -0.1) is 0 Å². The summed E-state index contributed by atoms with van der Waals surface area (Å²) in [6, 6.07) is 13.5. The summed E-state index contributed by atoms with van der Waals surface area (Å²) in [5.74, 6) is 1.33. The Balaban J connectivity index is 1.58. The highest BCUT2D eigenvalue weighted by atomic mass is 35.5. The maximum absolute atomic E-state index is 13.3. The Labute approximate surface area is 193 Å². The minimum Gasteiger partial charge on any atom is -0.493 e. The van der Waals surface area contributed by atoms with Crippen molar-refractivity contribution in [2.24, 2.45) is 0 Å². The Kier molecular flexibility index (Phi) is 6.67. The maximum atomic E-state index is 13.3. The van der Waals surface area contributed by atoms with Gasteiger partial charge in [-0.1, -0.05) is 29.8 Å². The first-order chi connectivity index (χ1) is 15.6. The molecule has 0 saturated carbocycles. The van der Waals surface area contributed by atoms with Crippen LogP contribution in [0.25, 0.3) is 11.4 Å². The molecule has 0 unspecified atom stereocenters. The molecule has 2 aromatic heterocycles. The van der Waals surface area contributed by atoms with E-state index in [9.17, 15) is 4.39 Å². The molecule has 4 rings (SSSR count). The van der Waals surface area contributed by atoms with Crippen molar-refractivity contribution in [2.75, 3.05) is 12.5 Å². The Hall–Kier alpha value is -3.43. The lowest BCUT2D eigenvalue weighted by Gasteiger charge is -2.17. The molecule has 32 heavy (non-hydrogen) atoms. The first-order valence-electron chi connectivity index (χ1n) is 9.61. The summed E-state index contributed by atoms with van der Waals surface area (Å²) < 4.78 is 27.0. The van der Waals surface area contributed by atoms with Gasteiger partial charge in [0, 0.05) is 29.1 Å². The molecule has 10 heteroatoms. The average Bonchev–Trinajstić information content (AvgIpc) is 3.18. The molecule has 0 aliphatic carbocycles. The molecule has 2 aromatic carbocycles. The van der Waals surface area contributed by atoms with Gasteiger partial charge < -0.3 is 14.9 Å². The lowest BCUT2D eigenvalue weighted by molar-refractivity contribution is 0.281. The van der Waals surface area contributed by atoms with Gasteiger partial charge in [-0.2, -0.15) is 5.10 Å². The molecule has 0 fully saturated rings. The normalized spacial score (nSPS) is 10.7. The summed E-state index contributed by atoms with van der Waals surface area (Å²) in [6.45, 7) is 0.523. The zero-order valence-corrected chi connectivity index (χ0v) is 18.6. The van der Waals surface area contributed by atoms with Gasteiger partial charge in [0.2, 0.25) is 4.77 Å². The van der Waals surface area contributed by atoms with Crippen molar-refractivity contribution in [1.29, 1.82) is 0 Å². The quantitative estimate of drug-likeness (QED) is 0.347. The highest BCUT2D eigenvalue weighted by molar-refractivity contribution is 7.71. The number of halogens is 2. The molecule has 0 amide bonds. The number of aromatic nitrogens is 4. The summed E-state index contributed by atoms with van der Waals surface area (Å²) in [6.07, 6.45) is 3.37. The predicted octanol–water partition coefficient (Wildman–Crippen LogP) is 5.13. The third-order valence-corrected chi connectivity index (χ3v) is 5.33. The summed E-state index contributed by atoms with van der Waals surface area (Å²) >= 11 is 11.5. The van der Waals surface area contributed by atoms with Gasteiger partial charge in [0.05, 0.1) is 18.7 Å². The van der Waals surface area contributed by atoms with E-state index >= 15 is 0 Å². The summed E-state index contributed by atoms with van der Waals surface area (Å²) in [4.78, 5) is 4.03. The minimum absolute atomic E-state index is 0.153. The summed E-state index contributed by atoms with van der Waals surface area (Å²) in [5.41, 5.74) is 5.61. The lowest BCUT2D eigenvalue weighted by atomic mass is 10.1. The van der Waals surface area contributed by atoms with Crippen molar-refractivity contribution in [3.05, 3.63) is 87.7 Å². The highest BCUT2D eigenvalue weighted by Gasteiger charge is 2.14. The van der Waals surface area contributed by atoms with Crippen LogP contribution in [0.15, 0.2) is 60.9 Å². The molecule has 0 radical (unpaired) electrons. The number of methoxy groups -OCH3 is 1. The summed E-state index contributed by atoms with van der Waals surface area (Å²) in [7, 11) is 1.57. The lowest BCUT2D eigenvalue weighted by Crippen LogP contribution is -2.16. The van der Waals surface area contributed by atoms with E-state index in [0.29, 0.717) is 39.2 Å². The van der Waals surface area contributed by atoms with E-state index in [1.165, 1.54) is 12.1 Å². The summed E-state index contributed by atoms with van der Waals surface area (Å²) in [5, 5.41) is 7.40. The minimum atomic E-state index is -0.400. The largest absolute Gasteiger partial charge is 0.493 e. The number of benzene rings is 2. The van der Waals surface area contributed by atoms with Crippen LogP contribution in [0.5, 0.6) is 11.5 Å². The number of H-pyrrole nitrogens is 1. The van der Waals surface area contributed by atoms with E-state index < -0.39 is 5.82 Å². The van der Waals surface area contributed by atoms with Gasteiger partial charge in [-0.3, -0.25) is 4.98 Å². The van der Waals surface area contributed by atoms with E-state index in [1.807, 2.05) is 24.3 Å². The van der Waals surface area contributed by atoms with Crippen LogP contribution < -0.4 is 14.9 Å². The molecular formula is C22H19ClFN5O2S. The molecule has 0 saturated heterocycles. The van der Waals surface area contributed by atoms with E-state index in [1.54, 1.807) is 36.3 Å². The molecule has 2 heterocycles. The van der Waals surface area contributed by atoms with Crippen molar-refractivity contribution < 1.29 is 13.9 Å². The predicted molar refractivity (Wildman–Crippen MR) is 122 cm³/mol. The third kappa shape index (κ3) is 4.74. The molecule has 0 atom stereocenters. The Morgan fingerprint density at radius 1 is 1.16 bits per heavy atom. The van der Waals surface area contributed by atoms with Crippen LogP contribution in [0.3, 0.4) is 0 Å². The van der Waals surface area contributed by atoms with Crippen LogP contribution in [-0.2, 0) is 13.2 Å². The maximum Gasteiger partial charge on any atom is 0.214 e. The monoisotopic (exact) mass is 471 g/mol. The van der Waals surface area contributed by atoms with Crippen molar-refractivity contribution in [1.82, 2.24) is 19.9 Å². The number of ether oxygens (including phenoxy) is 2. The van der Waals surface area contributed by atoms with Gasteiger partial charge in [-0.05, 0) is 42.5 Å². The third-order valence-electron chi connectivity index (χ3n) is 4.71. The van der Waals surface area contributed by atoms with E-state index in [0.717, 1.165) is 11.1 Å².